The van der Waals surface area contributed by atoms with Gasteiger partial charge in [0.1, 0.15) is 5.82 Å². The van der Waals surface area contributed by atoms with E-state index in [0.29, 0.717) is 12.1 Å². The summed E-state index contributed by atoms with van der Waals surface area (Å²) in [6, 6.07) is 6.70. The number of halogens is 1. The highest BCUT2D eigenvalue weighted by molar-refractivity contribution is 5.82. The van der Waals surface area contributed by atoms with Gasteiger partial charge in [-0.1, -0.05) is 18.2 Å². The standard InChI is InChI=1S/C14H19FN2O/c1-10(16-2)14(18)17(12-7-8-12)9-11-5-3-4-6-13(11)15/h3-6,10,12,16H,7-9H2,1-2H3. The van der Waals surface area contributed by atoms with Crippen molar-refractivity contribution in [3.05, 3.63) is 35.6 Å². The predicted octanol–water partition coefficient (Wildman–Crippen LogP) is 1.92. The maximum Gasteiger partial charge on any atom is 0.239 e. The Morgan fingerprint density at radius 2 is 2.17 bits per heavy atom. The monoisotopic (exact) mass is 250 g/mol. The Morgan fingerprint density at radius 1 is 1.50 bits per heavy atom. The highest BCUT2D eigenvalue weighted by atomic mass is 19.1. The molecule has 4 heteroatoms. The second-order valence-electron chi connectivity index (χ2n) is 4.80. The lowest BCUT2D eigenvalue weighted by atomic mass is 10.1. The molecule has 98 valence electrons. The zero-order chi connectivity index (χ0) is 13.1. The molecule has 1 aliphatic rings. The second-order valence-corrected chi connectivity index (χ2v) is 4.80. The third kappa shape index (κ3) is 2.88. The van der Waals surface area contributed by atoms with Gasteiger partial charge in [0.05, 0.1) is 6.04 Å². The fourth-order valence-corrected chi connectivity index (χ4v) is 1.96. The fourth-order valence-electron chi connectivity index (χ4n) is 1.96. The first-order valence-electron chi connectivity index (χ1n) is 6.34. The van der Waals surface area contributed by atoms with E-state index in [1.165, 1.54) is 6.07 Å². The zero-order valence-electron chi connectivity index (χ0n) is 10.8. The Kier molecular flexibility index (Phi) is 3.97. The number of nitrogens with one attached hydrogen (secondary N) is 1. The van der Waals surface area contributed by atoms with Crippen molar-refractivity contribution >= 4 is 5.91 Å². The van der Waals surface area contributed by atoms with Gasteiger partial charge in [-0.2, -0.15) is 0 Å². The maximum atomic E-state index is 13.6. The number of rotatable bonds is 5. The summed E-state index contributed by atoms with van der Waals surface area (Å²) in [5, 5.41) is 2.94. The number of carbonyl (C=O) groups excluding carboxylic acids is 1. The van der Waals surface area contributed by atoms with E-state index in [0.717, 1.165) is 12.8 Å². The van der Waals surface area contributed by atoms with Crippen LogP contribution in [0, 0.1) is 5.82 Å². The van der Waals surface area contributed by atoms with Gasteiger partial charge in [-0.15, -0.1) is 0 Å². The molecule has 1 atom stereocenters. The molecule has 0 saturated heterocycles. The van der Waals surface area contributed by atoms with Gasteiger partial charge >= 0.3 is 0 Å². The molecule has 0 radical (unpaired) electrons. The molecule has 0 bridgehead atoms. The summed E-state index contributed by atoms with van der Waals surface area (Å²) in [5.41, 5.74) is 0.584. The molecule has 1 N–H and O–H groups in total. The van der Waals surface area contributed by atoms with Gasteiger partial charge < -0.3 is 10.2 Å². The first kappa shape index (κ1) is 13.0. The topological polar surface area (TPSA) is 32.3 Å². The van der Waals surface area contributed by atoms with Crippen molar-refractivity contribution in [1.29, 1.82) is 0 Å². The average Bonchev–Trinajstić information content (AvgIpc) is 3.20. The van der Waals surface area contributed by atoms with E-state index >= 15 is 0 Å². The van der Waals surface area contributed by atoms with Gasteiger partial charge in [-0.05, 0) is 32.9 Å². The number of likely N-dealkylation sites (N-methyl/N-ethyl adjacent to an activating group) is 1. The normalized spacial score (nSPS) is 16.4. The van der Waals surface area contributed by atoms with Crippen LogP contribution >= 0.6 is 0 Å². The van der Waals surface area contributed by atoms with Crippen LogP contribution in [0.1, 0.15) is 25.3 Å². The number of benzene rings is 1. The molecule has 2 rings (SSSR count). The number of nitrogens with zero attached hydrogens (tertiary/aromatic N) is 1. The summed E-state index contributed by atoms with van der Waals surface area (Å²) in [4.78, 5) is 14.0. The van der Waals surface area contributed by atoms with E-state index < -0.39 is 0 Å². The first-order chi connectivity index (χ1) is 8.63. The molecule has 18 heavy (non-hydrogen) atoms. The van der Waals surface area contributed by atoms with Gasteiger partial charge in [0, 0.05) is 18.2 Å². The molecule has 0 spiro atoms. The molecule has 1 saturated carbocycles. The van der Waals surface area contributed by atoms with Crippen molar-refractivity contribution in [2.45, 2.75) is 38.4 Å². The van der Waals surface area contributed by atoms with Crippen LogP contribution in [0.5, 0.6) is 0 Å². The van der Waals surface area contributed by atoms with Crippen molar-refractivity contribution in [3.8, 4) is 0 Å². The van der Waals surface area contributed by atoms with Gasteiger partial charge in [0.2, 0.25) is 5.91 Å². The lowest BCUT2D eigenvalue weighted by molar-refractivity contribution is -0.134. The van der Waals surface area contributed by atoms with Crippen molar-refractivity contribution < 1.29 is 9.18 Å². The van der Waals surface area contributed by atoms with Crippen molar-refractivity contribution in [2.75, 3.05) is 7.05 Å². The molecule has 0 aromatic heterocycles. The molecule has 1 fully saturated rings. The van der Waals surface area contributed by atoms with Gasteiger partial charge in [0.15, 0.2) is 0 Å². The Hall–Kier alpha value is -1.42. The smallest absolute Gasteiger partial charge is 0.239 e. The number of carbonyl (C=O) groups is 1. The molecule has 1 amide bonds. The van der Waals surface area contributed by atoms with E-state index in [9.17, 15) is 9.18 Å². The molecule has 1 aromatic carbocycles. The summed E-state index contributed by atoms with van der Waals surface area (Å²) in [7, 11) is 1.76. The molecular formula is C14H19FN2O. The average molecular weight is 250 g/mol. The van der Waals surface area contributed by atoms with E-state index in [4.69, 9.17) is 0 Å². The predicted molar refractivity (Wildman–Crippen MR) is 68.5 cm³/mol. The molecule has 0 heterocycles. The molecule has 3 nitrogen and oxygen atoms in total. The minimum Gasteiger partial charge on any atom is -0.334 e. The molecule has 1 aliphatic carbocycles. The van der Waals surface area contributed by atoms with Crippen LogP contribution in [0.4, 0.5) is 4.39 Å². The van der Waals surface area contributed by atoms with Crippen LogP contribution in [0.2, 0.25) is 0 Å². The van der Waals surface area contributed by atoms with Crippen LogP contribution < -0.4 is 5.32 Å². The highest BCUT2D eigenvalue weighted by Crippen LogP contribution is 2.29. The number of hydrogen-bond acceptors (Lipinski definition) is 2. The molecular weight excluding hydrogens is 231 g/mol. The van der Waals surface area contributed by atoms with Crippen molar-refractivity contribution in [3.63, 3.8) is 0 Å². The Bertz CT molecular complexity index is 432. The minimum atomic E-state index is -0.243. The summed E-state index contributed by atoms with van der Waals surface area (Å²) in [6.45, 7) is 2.20. The van der Waals surface area contributed by atoms with Crippen LogP contribution in [-0.4, -0.2) is 29.9 Å². The minimum absolute atomic E-state index is 0.0447. The van der Waals surface area contributed by atoms with Gasteiger partial charge in [0.25, 0.3) is 0 Å². The van der Waals surface area contributed by atoms with E-state index in [1.807, 2.05) is 6.92 Å². The number of amides is 1. The SMILES string of the molecule is CNC(C)C(=O)N(Cc1ccccc1F)C1CC1. The quantitative estimate of drug-likeness (QED) is 0.866. The first-order valence-corrected chi connectivity index (χ1v) is 6.34. The zero-order valence-corrected chi connectivity index (χ0v) is 10.8. The summed E-state index contributed by atoms with van der Waals surface area (Å²) in [5.74, 6) is -0.198. The summed E-state index contributed by atoms with van der Waals surface area (Å²) in [6.07, 6.45) is 2.05. The van der Waals surface area contributed by atoms with Crippen molar-refractivity contribution in [2.24, 2.45) is 0 Å². The van der Waals surface area contributed by atoms with Gasteiger partial charge in [-0.3, -0.25) is 4.79 Å². The summed E-state index contributed by atoms with van der Waals surface area (Å²) < 4.78 is 13.6. The maximum absolute atomic E-state index is 13.6. The Balaban J connectivity index is 2.12. The largest absolute Gasteiger partial charge is 0.334 e. The van der Waals surface area contributed by atoms with E-state index in [2.05, 4.69) is 5.32 Å². The lowest BCUT2D eigenvalue weighted by Crippen LogP contribution is -2.44. The lowest BCUT2D eigenvalue weighted by Gasteiger charge is -2.25. The number of hydrogen-bond donors (Lipinski definition) is 1. The third-order valence-electron chi connectivity index (χ3n) is 3.37. The molecule has 1 aromatic rings. The van der Waals surface area contributed by atoms with Crippen LogP contribution in [0.3, 0.4) is 0 Å². The van der Waals surface area contributed by atoms with Crippen LogP contribution in [0.15, 0.2) is 24.3 Å². The fraction of sp³-hybridized carbons (Fsp3) is 0.500. The van der Waals surface area contributed by atoms with Gasteiger partial charge in [-0.25, -0.2) is 4.39 Å². The van der Waals surface area contributed by atoms with E-state index in [1.54, 1.807) is 30.1 Å². The summed E-state index contributed by atoms with van der Waals surface area (Å²) >= 11 is 0. The van der Waals surface area contributed by atoms with E-state index in [-0.39, 0.29) is 23.8 Å². The Labute approximate surface area is 107 Å². The second kappa shape index (κ2) is 5.48. The van der Waals surface area contributed by atoms with Crippen LogP contribution in [-0.2, 0) is 11.3 Å². The molecule has 0 aliphatic heterocycles. The van der Waals surface area contributed by atoms with Crippen LogP contribution in [0.25, 0.3) is 0 Å². The molecule has 1 unspecified atom stereocenters. The Morgan fingerprint density at radius 3 is 2.72 bits per heavy atom. The third-order valence-corrected chi connectivity index (χ3v) is 3.37. The highest BCUT2D eigenvalue weighted by Gasteiger charge is 2.34. The van der Waals surface area contributed by atoms with Crippen molar-refractivity contribution in [1.82, 2.24) is 10.2 Å².